The SMILES string of the molecule is NC(=O)NC(=O)COC(=O)/C=C/c1nc2ccccc2s1. The van der Waals surface area contributed by atoms with Crippen molar-refractivity contribution in [2.24, 2.45) is 5.73 Å². The number of carbonyl (C=O) groups is 3. The number of ether oxygens (including phenoxy) is 1. The molecule has 7 nitrogen and oxygen atoms in total. The Morgan fingerprint density at radius 3 is 2.81 bits per heavy atom. The zero-order valence-electron chi connectivity index (χ0n) is 10.7. The van der Waals surface area contributed by atoms with E-state index in [4.69, 9.17) is 5.73 Å². The lowest BCUT2D eigenvalue weighted by Crippen LogP contribution is -2.37. The van der Waals surface area contributed by atoms with Gasteiger partial charge in [0.05, 0.1) is 10.2 Å². The second kappa shape index (κ2) is 6.62. The Hall–Kier alpha value is -2.74. The van der Waals surface area contributed by atoms with Gasteiger partial charge >= 0.3 is 12.0 Å². The number of primary amides is 1. The number of aromatic nitrogens is 1. The van der Waals surface area contributed by atoms with Crippen LogP contribution in [-0.4, -0.2) is 29.5 Å². The van der Waals surface area contributed by atoms with Gasteiger partial charge in [-0.1, -0.05) is 12.1 Å². The molecule has 0 aliphatic heterocycles. The fourth-order valence-electron chi connectivity index (χ4n) is 1.46. The largest absolute Gasteiger partial charge is 0.452 e. The van der Waals surface area contributed by atoms with Crippen LogP contribution in [0.5, 0.6) is 0 Å². The molecule has 2 aromatic rings. The number of amides is 3. The number of thiazole rings is 1. The van der Waals surface area contributed by atoms with Crippen LogP contribution in [0.1, 0.15) is 5.01 Å². The van der Waals surface area contributed by atoms with Crippen LogP contribution in [0.15, 0.2) is 30.3 Å². The Morgan fingerprint density at radius 1 is 1.33 bits per heavy atom. The summed E-state index contributed by atoms with van der Waals surface area (Å²) < 4.78 is 5.64. The van der Waals surface area contributed by atoms with E-state index in [9.17, 15) is 14.4 Å². The Labute approximate surface area is 123 Å². The zero-order valence-corrected chi connectivity index (χ0v) is 11.6. The topological polar surface area (TPSA) is 111 Å². The molecule has 0 saturated carbocycles. The first kappa shape index (κ1) is 14.7. The van der Waals surface area contributed by atoms with Gasteiger partial charge in [-0.15, -0.1) is 11.3 Å². The summed E-state index contributed by atoms with van der Waals surface area (Å²) in [6.45, 7) is -0.577. The molecule has 0 fully saturated rings. The van der Waals surface area contributed by atoms with Crippen LogP contribution in [0.4, 0.5) is 4.79 Å². The first-order valence-corrected chi connectivity index (χ1v) is 6.66. The number of nitrogens with zero attached hydrogens (tertiary/aromatic N) is 1. The molecule has 0 radical (unpaired) electrons. The molecule has 8 heteroatoms. The molecule has 2 rings (SSSR count). The van der Waals surface area contributed by atoms with Gasteiger partial charge in [-0.05, 0) is 18.2 Å². The maximum atomic E-state index is 11.4. The van der Waals surface area contributed by atoms with Gasteiger partial charge in [-0.25, -0.2) is 14.6 Å². The highest BCUT2D eigenvalue weighted by molar-refractivity contribution is 7.19. The normalized spacial score (nSPS) is 10.7. The van der Waals surface area contributed by atoms with Crippen molar-refractivity contribution in [3.63, 3.8) is 0 Å². The highest BCUT2D eigenvalue weighted by Crippen LogP contribution is 2.22. The molecule has 0 aliphatic rings. The van der Waals surface area contributed by atoms with E-state index in [0.717, 1.165) is 16.3 Å². The number of fused-ring (bicyclic) bond motifs is 1. The van der Waals surface area contributed by atoms with E-state index in [0.29, 0.717) is 5.01 Å². The quantitative estimate of drug-likeness (QED) is 0.647. The molecule has 3 amide bonds. The lowest BCUT2D eigenvalue weighted by Gasteiger charge is -2.00. The maximum absolute atomic E-state index is 11.4. The van der Waals surface area contributed by atoms with Gasteiger partial charge in [0.2, 0.25) is 0 Å². The fourth-order valence-corrected chi connectivity index (χ4v) is 2.33. The molecule has 0 atom stereocenters. The van der Waals surface area contributed by atoms with Gasteiger partial charge in [-0.2, -0.15) is 0 Å². The van der Waals surface area contributed by atoms with Crippen molar-refractivity contribution < 1.29 is 19.1 Å². The minimum atomic E-state index is -0.999. The minimum absolute atomic E-state index is 0.577. The van der Waals surface area contributed by atoms with Crippen LogP contribution in [-0.2, 0) is 14.3 Å². The van der Waals surface area contributed by atoms with Crippen LogP contribution in [0.2, 0.25) is 0 Å². The fraction of sp³-hybridized carbons (Fsp3) is 0.0769. The third-order valence-electron chi connectivity index (χ3n) is 2.28. The first-order chi connectivity index (χ1) is 10.0. The maximum Gasteiger partial charge on any atom is 0.331 e. The molecular weight excluding hydrogens is 294 g/mol. The van der Waals surface area contributed by atoms with Gasteiger partial charge in [0.1, 0.15) is 5.01 Å². The monoisotopic (exact) mass is 305 g/mol. The van der Waals surface area contributed by atoms with Crippen molar-refractivity contribution in [2.75, 3.05) is 6.61 Å². The van der Waals surface area contributed by atoms with E-state index in [2.05, 4.69) is 9.72 Å². The van der Waals surface area contributed by atoms with E-state index < -0.39 is 24.5 Å². The summed E-state index contributed by atoms with van der Waals surface area (Å²) >= 11 is 1.43. The van der Waals surface area contributed by atoms with Gasteiger partial charge in [0, 0.05) is 6.08 Å². The number of nitrogens with two attached hydrogens (primary N) is 1. The van der Waals surface area contributed by atoms with Crippen LogP contribution >= 0.6 is 11.3 Å². The minimum Gasteiger partial charge on any atom is -0.452 e. The summed E-state index contributed by atoms with van der Waals surface area (Å²) in [5.74, 6) is -1.50. The summed E-state index contributed by atoms with van der Waals surface area (Å²) in [6.07, 6.45) is 2.66. The molecule has 3 N–H and O–H groups in total. The number of imide groups is 1. The van der Waals surface area contributed by atoms with Crippen molar-refractivity contribution in [1.29, 1.82) is 0 Å². The lowest BCUT2D eigenvalue weighted by atomic mass is 10.3. The number of urea groups is 1. The van der Waals surface area contributed by atoms with Crippen molar-refractivity contribution >= 4 is 45.5 Å². The molecule has 0 saturated heterocycles. The highest BCUT2D eigenvalue weighted by atomic mass is 32.1. The number of esters is 1. The lowest BCUT2D eigenvalue weighted by molar-refractivity contribution is -0.143. The molecule has 21 heavy (non-hydrogen) atoms. The van der Waals surface area contributed by atoms with E-state index in [1.54, 1.807) is 5.32 Å². The summed E-state index contributed by atoms with van der Waals surface area (Å²) in [7, 11) is 0. The first-order valence-electron chi connectivity index (χ1n) is 5.84. The van der Waals surface area contributed by atoms with Crippen molar-refractivity contribution in [1.82, 2.24) is 10.3 Å². The van der Waals surface area contributed by atoms with Crippen LogP contribution in [0.25, 0.3) is 16.3 Å². The summed E-state index contributed by atoms with van der Waals surface area (Å²) in [5.41, 5.74) is 5.58. The summed E-state index contributed by atoms with van der Waals surface area (Å²) in [6, 6.07) is 6.58. The standard InChI is InChI=1S/C13H11N3O4S/c14-13(19)16-10(17)7-20-12(18)6-5-11-15-8-3-1-2-4-9(8)21-11/h1-6H,7H2,(H3,14,16,17,19)/b6-5+. The third kappa shape index (κ3) is 4.39. The number of nitrogens with one attached hydrogen (secondary N) is 1. The van der Waals surface area contributed by atoms with Crippen molar-refractivity contribution in [2.45, 2.75) is 0 Å². The van der Waals surface area contributed by atoms with Gasteiger partial charge < -0.3 is 10.5 Å². The smallest absolute Gasteiger partial charge is 0.331 e. The van der Waals surface area contributed by atoms with Crippen LogP contribution in [0, 0.1) is 0 Å². The Balaban J connectivity index is 1.90. The predicted molar refractivity (Wildman–Crippen MR) is 77.3 cm³/mol. The molecular formula is C13H11N3O4S. The molecule has 0 aliphatic carbocycles. The van der Waals surface area contributed by atoms with Crippen molar-refractivity contribution in [3.8, 4) is 0 Å². The second-order valence-electron chi connectivity index (χ2n) is 3.87. The van der Waals surface area contributed by atoms with E-state index in [1.807, 2.05) is 24.3 Å². The van der Waals surface area contributed by atoms with Gasteiger partial charge in [0.15, 0.2) is 6.61 Å². The number of rotatable bonds is 4. The van der Waals surface area contributed by atoms with Crippen molar-refractivity contribution in [3.05, 3.63) is 35.3 Å². The van der Waals surface area contributed by atoms with Crippen LogP contribution in [0.3, 0.4) is 0 Å². The summed E-state index contributed by atoms with van der Waals surface area (Å²) in [5, 5.41) is 2.43. The molecule has 1 heterocycles. The third-order valence-corrected chi connectivity index (χ3v) is 3.28. The number of carbonyl (C=O) groups excluding carboxylic acids is 3. The Kier molecular flexibility index (Phi) is 4.62. The van der Waals surface area contributed by atoms with E-state index >= 15 is 0 Å². The second-order valence-corrected chi connectivity index (χ2v) is 4.94. The Bertz CT molecular complexity index is 690. The molecule has 0 unspecified atom stereocenters. The van der Waals surface area contributed by atoms with E-state index in [-0.39, 0.29) is 0 Å². The zero-order chi connectivity index (χ0) is 15.2. The summed E-state index contributed by atoms with van der Waals surface area (Å²) in [4.78, 5) is 37.1. The Morgan fingerprint density at radius 2 is 2.10 bits per heavy atom. The highest BCUT2D eigenvalue weighted by Gasteiger charge is 2.07. The predicted octanol–water partition coefficient (Wildman–Crippen LogP) is 1.05. The molecule has 0 spiro atoms. The van der Waals surface area contributed by atoms with Crippen LogP contribution < -0.4 is 11.1 Å². The average molecular weight is 305 g/mol. The molecule has 0 bridgehead atoms. The number of hydrogen-bond acceptors (Lipinski definition) is 6. The number of benzene rings is 1. The van der Waals surface area contributed by atoms with E-state index in [1.165, 1.54) is 17.4 Å². The molecule has 1 aromatic heterocycles. The van der Waals surface area contributed by atoms with Gasteiger partial charge in [0.25, 0.3) is 5.91 Å². The van der Waals surface area contributed by atoms with Gasteiger partial charge in [-0.3, -0.25) is 10.1 Å². The number of hydrogen-bond donors (Lipinski definition) is 2. The average Bonchev–Trinajstić information content (AvgIpc) is 2.85. The molecule has 1 aromatic carbocycles. The molecule has 108 valence electrons. The number of para-hydroxylation sites is 1.